The first kappa shape index (κ1) is 36.9. The molecule has 0 bridgehead atoms. The van der Waals surface area contributed by atoms with Crippen LogP contribution in [0.25, 0.3) is 88.4 Å². The standard InChI is InChI=1S/C64H41NO2/c1-63(2)49-21-8-3-15-42(49)43-34-33-40(37-54(43)63)65(39-31-29-38(30-32-39)41-20-13-28-58-59(41)48-19-7-12-27-57(48)66-58)55-25-14-24-52-60(55)46-17-4-9-22-50(46)64(52)51-23-10-5-18-47(51)61-53(64)36-35-45-44-16-6-11-26-56(44)67-62(45)61/h3-37H,1-2H3. The normalized spacial score (nSPS) is 15.8. The molecule has 3 nitrogen and oxygen atoms in total. The summed E-state index contributed by atoms with van der Waals surface area (Å²) in [6.07, 6.45) is 0. The summed E-state index contributed by atoms with van der Waals surface area (Å²) in [7, 11) is 0. The van der Waals surface area contributed by atoms with Crippen LogP contribution >= 0.6 is 0 Å². The van der Waals surface area contributed by atoms with E-state index in [-0.39, 0.29) is 5.41 Å². The molecule has 1 spiro atoms. The molecular weight excluding hydrogens is 815 g/mol. The van der Waals surface area contributed by atoms with Gasteiger partial charge in [-0.25, -0.2) is 0 Å². The fourth-order valence-corrected chi connectivity index (χ4v) is 12.7. The minimum Gasteiger partial charge on any atom is -0.456 e. The Morgan fingerprint density at radius 1 is 0.358 bits per heavy atom. The van der Waals surface area contributed by atoms with Gasteiger partial charge in [0.15, 0.2) is 0 Å². The van der Waals surface area contributed by atoms with Gasteiger partial charge in [0.1, 0.15) is 22.3 Å². The molecular formula is C64H41NO2. The molecule has 3 aliphatic carbocycles. The van der Waals surface area contributed by atoms with Gasteiger partial charge in [-0.2, -0.15) is 0 Å². The van der Waals surface area contributed by atoms with E-state index in [4.69, 9.17) is 8.83 Å². The van der Waals surface area contributed by atoms with Gasteiger partial charge in [-0.05, 0) is 115 Å². The van der Waals surface area contributed by atoms with Crippen molar-refractivity contribution in [3.05, 3.63) is 246 Å². The molecule has 10 aromatic carbocycles. The third-order valence-electron chi connectivity index (χ3n) is 15.5. The second-order valence-electron chi connectivity index (χ2n) is 19.1. The molecule has 0 N–H and O–H groups in total. The van der Waals surface area contributed by atoms with Crippen LogP contribution in [0, 0.1) is 0 Å². The van der Waals surface area contributed by atoms with Crippen LogP contribution in [0.2, 0.25) is 0 Å². The van der Waals surface area contributed by atoms with E-state index >= 15 is 0 Å². The number of hydrogen-bond donors (Lipinski definition) is 0. The van der Waals surface area contributed by atoms with Crippen molar-refractivity contribution in [1.29, 1.82) is 0 Å². The first-order valence-corrected chi connectivity index (χ1v) is 23.3. The molecule has 67 heavy (non-hydrogen) atoms. The van der Waals surface area contributed by atoms with E-state index < -0.39 is 5.41 Å². The van der Waals surface area contributed by atoms with E-state index in [0.29, 0.717) is 0 Å². The molecule has 15 rings (SSSR count). The van der Waals surface area contributed by atoms with Gasteiger partial charge >= 0.3 is 0 Å². The zero-order valence-electron chi connectivity index (χ0n) is 37.0. The SMILES string of the molecule is CC1(C)c2ccccc2-c2ccc(N(c3ccc(-c4cccc5oc6ccccc6c45)cc3)c3cccc4c3-c3ccccc3C43c4ccccc4-c4c3ccc3c4oc4ccccc43)cc21. The molecule has 0 aliphatic heterocycles. The quantitative estimate of drug-likeness (QED) is 0.177. The summed E-state index contributed by atoms with van der Waals surface area (Å²) in [6.45, 7) is 4.74. The molecule has 12 aromatic rings. The van der Waals surface area contributed by atoms with Crippen LogP contribution in [0.5, 0.6) is 0 Å². The summed E-state index contributed by atoms with van der Waals surface area (Å²) < 4.78 is 13.2. The van der Waals surface area contributed by atoms with Crippen LogP contribution in [0.4, 0.5) is 17.1 Å². The number of fused-ring (bicyclic) bond motifs is 20. The highest BCUT2D eigenvalue weighted by Gasteiger charge is 2.53. The van der Waals surface area contributed by atoms with Crippen LogP contribution in [0.1, 0.15) is 47.2 Å². The number of benzene rings is 10. The van der Waals surface area contributed by atoms with E-state index in [9.17, 15) is 0 Å². The highest BCUT2D eigenvalue weighted by Crippen LogP contribution is 2.66. The molecule has 0 amide bonds. The number of furan rings is 2. The van der Waals surface area contributed by atoms with Crippen LogP contribution in [-0.4, -0.2) is 0 Å². The number of rotatable bonds is 4. The zero-order chi connectivity index (χ0) is 44.2. The predicted octanol–water partition coefficient (Wildman–Crippen LogP) is 17.3. The molecule has 0 fully saturated rings. The van der Waals surface area contributed by atoms with Crippen LogP contribution in [-0.2, 0) is 10.8 Å². The summed E-state index contributed by atoms with van der Waals surface area (Å²) >= 11 is 0. The lowest BCUT2D eigenvalue weighted by Crippen LogP contribution is -2.26. The van der Waals surface area contributed by atoms with E-state index in [1.807, 2.05) is 6.07 Å². The Balaban J connectivity index is 0.985. The van der Waals surface area contributed by atoms with Gasteiger partial charge in [0.05, 0.1) is 11.1 Å². The molecule has 0 saturated heterocycles. The molecule has 314 valence electrons. The minimum absolute atomic E-state index is 0.169. The average Bonchev–Trinajstić information content (AvgIpc) is 4.16. The van der Waals surface area contributed by atoms with E-state index in [0.717, 1.165) is 72.1 Å². The Bertz CT molecular complexity index is 4090. The van der Waals surface area contributed by atoms with Crippen molar-refractivity contribution in [3.63, 3.8) is 0 Å². The predicted molar refractivity (Wildman–Crippen MR) is 275 cm³/mol. The largest absolute Gasteiger partial charge is 0.456 e. The average molecular weight is 856 g/mol. The molecule has 3 heteroatoms. The van der Waals surface area contributed by atoms with E-state index in [1.54, 1.807) is 0 Å². The zero-order valence-corrected chi connectivity index (χ0v) is 37.0. The number of para-hydroxylation sites is 2. The Hall–Kier alpha value is -8.40. The highest BCUT2D eigenvalue weighted by atomic mass is 16.3. The first-order chi connectivity index (χ1) is 33.0. The second-order valence-corrected chi connectivity index (χ2v) is 19.1. The lowest BCUT2D eigenvalue weighted by atomic mass is 9.70. The third kappa shape index (κ3) is 4.70. The lowest BCUT2D eigenvalue weighted by molar-refractivity contribution is 0.660. The van der Waals surface area contributed by atoms with Crippen molar-refractivity contribution < 1.29 is 8.83 Å². The molecule has 1 atom stereocenters. The van der Waals surface area contributed by atoms with E-state index in [2.05, 4.69) is 225 Å². The van der Waals surface area contributed by atoms with Gasteiger partial charge in [0, 0.05) is 49.5 Å². The Morgan fingerprint density at radius 3 is 1.72 bits per heavy atom. The van der Waals surface area contributed by atoms with E-state index in [1.165, 1.54) is 66.8 Å². The van der Waals surface area contributed by atoms with Crippen molar-refractivity contribution in [1.82, 2.24) is 0 Å². The fraction of sp³-hybridized carbons (Fsp3) is 0.0625. The molecule has 2 heterocycles. The maximum atomic E-state index is 6.85. The number of anilines is 3. The smallest absolute Gasteiger partial charge is 0.143 e. The summed E-state index contributed by atoms with van der Waals surface area (Å²) in [6, 6.07) is 78.2. The lowest BCUT2D eigenvalue weighted by Gasteiger charge is -2.32. The van der Waals surface area contributed by atoms with Gasteiger partial charge in [-0.3, -0.25) is 0 Å². The summed E-state index contributed by atoms with van der Waals surface area (Å²) in [5.74, 6) is 0. The summed E-state index contributed by atoms with van der Waals surface area (Å²) in [4.78, 5) is 2.51. The van der Waals surface area contributed by atoms with Crippen LogP contribution in [0.3, 0.4) is 0 Å². The minimum atomic E-state index is -0.565. The monoisotopic (exact) mass is 855 g/mol. The van der Waals surface area contributed by atoms with Crippen molar-refractivity contribution in [3.8, 4) is 44.5 Å². The maximum absolute atomic E-state index is 6.85. The number of nitrogens with zero attached hydrogens (tertiary/aromatic N) is 1. The van der Waals surface area contributed by atoms with Gasteiger partial charge in [0.2, 0.25) is 0 Å². The third-order valence-corrected chi connectivity index (χ3v) is 15.5. The maximum Gasteiger partial charge on any atom is 0.143 e. The van der Waals surface area contributed by atoms with Crippen LogP contribution in [0.15, 0.2) is 221 Å². The molecule has 3 aliphatic rings. The van der Waals surface area contributed by atoms with Gasteiger partial charge in [0.25, 0.3) is 0 Å². The topological polar surface area (TPSA) is 29.5 Å². The summed E-state index contributed by atoms with van der Waals surface area (Å²) in [5, 5.41) is 4.56. The molecule has 1 unspecified atom stereocenters. The molecule has 0 radical (unpaired) electrons. The van der Waals surface area contributed by atoms with Crippen molar-refractivity contribution in [2.75, 3.05) is 4.90 Å². The second kappa shape index (κ2) is 13.1. The van der Waals surface area contributed by atoms with Gasteiger partial charge in [-0.15, -0.1) is 0 Å². The molecule has 2 aromatic heterocycles. The Kier molecular flexibility index (Phi) is 7.22. The number of hydrogen-bond acceptors (Lipinski definition) is 3. The van der Waals surface area contributed by atoms with Crippen LogP contribution < -0.4 is 4.90 Å². The Labute approximate surface area is 387 Å². The van der Waals surface area contributed by atoms with Crippen molar-refractivity contribution in [2.45, 2.75) is 24.7 Å². The highest BCUT2D eigenvalue weighted by molar-refractivity contribution is 6.14. The van der Waals surface area contributed by atoms with Gasteiger partial charge < -0.3 is 13.7 Å². The first-order valence-electron chi connectivity index (χ1n) is 23.3. The van der Waals surface area contributed by atoms with Crippen molar-refractivity contribution in [2.24, 2.45) is 0 Å². The fourth-order valence-electron chi connectivity index (χ4n) is 12.7. The molecule has 0 saturated carbocycles. The van der Waals surface area contributed by atoms with Gasteiger partial charge in [-0.1, -0.05) is 178 Å². The Morgan fingerprint density at radius 2 is 0.925 bits per heavy atom. The van der Waals surface area contributed by atoms with Crippen molar-refractivity contribution >= 4 is 60.9 Å². The summed E-state index contributed by atoms with van der Waals surface area (Å²) in [5.41, 5.74) is 23.9.